The maximum Gasteiger partial charge on any atom is 0.233 e. The van der Waals surface area contributed by atoms with Crippen LogP contribution in [0.2, 0.25) is 5.02 Å². The minimum absolute atomic E-state index is 0.159. The van der Waals surface area contributed by atoms with Crippen molar-refractivity contribution in [2.24, 2.45) is 0 Å². The van der Waals surface area contributed by atoms with Crippen molar-refractivity contribution in [3.63, 3.8) is 0 Å². The minimum atomic E-state index is 0.159. The van der Waals surface area contributed by atoms with Gasteiger partial charge in [-0.3, -0.25) is 9.36 Å². The third kappa shape index (κ3) is 4.40. The smallest absolute Gasteiger partial charge is 0.233 e. The Balaban J connectivity index is 1.62. The summed E-state index contributed by atoms with van der Waals surface area (Å²) in [5.41, 5.74) is 1.88. The van der Waals surface area contributed by atoms with E-state index in [-0.39, 0.29) is 18.0 Å². The summed E-state index contributed by atoms with van der Waals surface area (Å²) in [5.74, 6) is 1.24. The van der Waals surface area contributed by atoms with Crippen LogP contribution in [0.3, 0.4) is 0 Å². The van der Waals surface area contributed by atoms with Crippen LogP contribution in [0.1, 0.15) is 33.1 Å². The average molecular weight is 441 g/mol. The normalized spacial score (nSPS) is 19.1. The zero-order chi connectivity index (χ0) is 21.1. The number of piperidine rings is 1. The van der Waals surface area contributed by atoms with E-state index >= 15 is 0 Å². The summed E-state index contributed by atoms with van der Waals surface area (Å²) >= 11 is 7.52. The van der Waals surface area contributed by atoms with Gasteiger partial charge in [-0.1, -0.05) is 53.7 Å². The third-order valence-corrected chi connectivity index (χ3v) is 6.72. The first-order valence-corrected chi connectivity index (χ1v) is 11.6. The second kappa shape index (κ2) is 9.23. The molecule has 1 aliphatic heterocycles. The molecule has 1 aromatic heterocycles. The first-order chi connectivity index (χ1) is 14.5. The van der Waals surface area contributed by atoms with E-state index in [2.05, 4.69) is 24.0 Å². The van der Waals surface area contributed by atoms with E-state index < -0.39 is 0 Å². The molecule has 2 aromatic carbocycles. The van der Waals surface area contributed by atoms with Gasteiger partial charge < -0.3 is 4.90 Å². The number of hydrogen-bond acceptors (Lipinski definition) is 4. The molecule has 0 N–H and O–H groups in total. The van der Waals surface area contributed by atoms with E-state index in [1.807, 2.05) is 64.1 Å². The van der Waals surface area contributed by atoms with Gasteiger partial charge in [0.2, 0.25) is 5.91 Å². The predicted octanol–water partition coefficient (Wildman–Crippen LogP) is 5.47. The molecule has 1 saturated heterocycles. The standard InChI is InChI=1S/C23H25ClN4OS/c1-16-7-6-8-17(2)27(16)21(29)15-30-23-26-25-22(18-9-4-3-5-10-18)28(23)20-13-11-19(24)12-14-20/h3-5,9-14,16-17H,6-8,15H2,1-2H3/t16-,17-/m1/s1. The molecule has 0 saturated carbocycles. The van der Waals surface area contributed by atoms with E-state index in [4.69, 9.17) is 11.6 Å². The van der Waals surface area contributed by atoms with E-state index in [0.29, 0.717) is 15.9 Å². The van der Waals surface area contributed by atoms with Crippen molar-refractivity contribution in [1.29, 1.82) is 0 Å². The predicted molar refractivity (Wildman–Crippen MR) is 122 cm³/mol. The van der Waals surface area contributed by atoms with Crippen molar-refractivity contribution >= 4 is 29.3 Å². The fourth-order valence-electron chi connectivity index (χ4n) is 4.07. The zero-order valence-electron chi connectivity index (χ0n) is 17.2. The van der Waals surface area contributed by atoms with Gasteiger partial charge in [0.15, 0.2) is 11.0 Å². The van der Waals surface area contributed by atoms with Crippen molar-refractivity contribution in [3.8, 4) is 17.1 Å². The molecule has 0 bridgehead atoms. The molecule has 2 heterocycles. The Morgan fingerprint density at radius 1 is 1.03 bits per heavy atom. The fourth-order valence-corrected chi connectivity index (χ4v) is 5.02. The summed E-state index contributed by atoms with van der Waals surface area (Å²) < 4.78 is 1.99. The number of halogens is 1. The summed E-state index contributed by atoms with van der Waals surface area (Å²) in [6, 6.07) is 18.1. The molecule has 0 unspecified atom stereocenters. The largest absolute Gasteiger partial charge is 0.337 e. The molecule has 1 amide bonds. The van der Waals surface area contributed by atoms with Crippen LogP contribution < -0.4 is 0 Å². The Kier molecular flexibility index (Phi) is 6.44. The SMILES string of the molecule is C[C@@H]1CCC[C@@H](C)N1C(=O)CSc1nnc(-c2ccccc2)n1-c1ccc(Cl)cc1. The van der Waals surface area contributed by atoms with E-state index in [0.717, 1.165) is 29.9 Å². The summed E-state index contributed by atoms with van der Waals surface area (Å²) in [6.45, 7) is 4.28. The summed E-state index contributed by atoms with van der Waals surface area (Å²) in [6.07, 6.45) is 3.32. The molecule has 3 aromatic rings. The third-order valence-electron chi connectivity index (χ3n) is 5.56. The summed E-state index contributed by atoms with van der Waals surface area (Å²) in [4.78, 5) is 15.0. The monoisotopic (exact) mass is 440 g/mol. The lowest BCUT2D eigenvalue weighted by atomic mass is 9.98. The Morgan fingerprint density at radius 3 is 2.37 bits per heavy atom. The van der Waals surface area contributed by atoms with Crippen LogP contribution in [0.25, 0.3) is 17.1 Å². The molecule has 5 nitrogen and oxygen atoms in total. The molecular formula is C23H25ClN4OS. The van der Waals surface area contributed by atoms with Crippen molar-refractivity contribution < 1.29 is 4.79 Å². The fraction of sp³-hybridized carbons (Fsp3) is 0.348. The lowest BCUT2D eigenvalue weighted by molar-refractivity contribution is -0.134. The first-order valence-electron chi connectivity index (χ1n) is 10.3. The van der Waals surface area contributed by atoms with Gasteiger partial charge in [0.25, 0.3) is 0 Å². The Morgan fingerprint density at radius 2 is 1.70 bits per heavy atom. The van der Waals surface area contributed by atoms with Crippen LogP contribution in [-0.4, -0.2) is 43.4 Å². The molecule has 0 radical (unpaired) electrons. The van der Waals surface area contributed by atoms with Gasteiger partial charge in [0, 0.05) is 28.4 Å². The maximum atomic E-state index is 13.0. The highest BCUT2D eigenvalue weighted by Gasteiger charge is 2.29. The van der Waals surface area contributed by atoms with Crippen LogP contribution >= 0.6 is 23.4 Å². The topological polar surface area (TPSA) is 51.0 Å². The average Bonchev–Trinajstić information content (AvgIpc) is 3.17. The van der Waals surface area contributed by atoms with E-state index in [9.17, 15) is 4.79 Å². The molecule has 7 heteroatoms. The number of rotatable bonds is 5. The van der Waals surface area contributed by atoms with Gasteiger partial charge in [-0.2, -0.15) is 0 Å². The molecule has 0 spiro atoms. The molecular weight excluding hydrogens is 416 g/mol. The Hall–Kier alpha value is -2.31. The van der Waals surface area contributed by atoms with E-state index in [1.165, 1.54) is 18.2 Å². The quantitative estimate of drug-likeness (QED) is 0.493. The highest BCUT2D eigenvalue weighted by atomic mass is 35.5. The number of amides is 1. The van der Waals surface area contributed by atoms with Gasteiger partial charge in [-0.15, -0.1) is 10.2 Å². The zero-order valence-corrected chi connectivity index (χ0v) is 18.7. The van der Waals surface area contributed by atoms with Gasteiger partial charge >= 0.3 is 0 Å². The molecule has 0 aliphatic carbocycles. The molecule has 1 fully saturated rings. The van der Waals surface area contributed by atoms with Crippen LogP contribution in [0.5, 0.6) is 0 Å². The van der Waals surface area contributed by atoms with Crippen LogP contribution in [0.4, 0.5) is 0 Å². The van der Waals surface area contributed by atoms with Crippen LogP contribution in [0.15, 0.2) is 59.8 Å². The molecule has 4 rings (SSSR count). The van der Waals surface area contributed by atoms with Gasteiger partial charge in [0.05, 0.1) is 5.75 Å². The number of benzene rings is 2. The Bertz CT molecular complexity index is 996. The number of carbonyl (C=O) groups excluding carboxylic acids is 1. The number of carbonyl (C=O) groups is 1. The number of nitrogens with zero attached hydrogens (tertiary/aromatic N) is 4. The van der Waals surface area contributed by atoms with Crippen molar-refractivity contribution in [2.45, 2.75) is 50.4 Å². The molecule has 2 atom stereocenters. The van der Waals surface area contributed by atoms with Gasteiger partial charge in [-0.05, 0) is 57.4 Å². The highest BCUT2D eigenvalue weighted by Crippen LogP contribution is 2.30. The van der Waals surface area contributed by atoms with Crippen molar-refractivity contribution in [3.05, 3.63) is 59.6 Å². The molecule has 1 aliphatic rings. The van der Waals surface area contributed by atoms with Gasteiger partial charge in [0.1, 0.15) is 0 Å². The van der Waals surface area contributed by atoms with Crippen LogP contribution in [-0.2, 0) is 4.79 Å². The first kappa shape index (κ1) is 20.9. The number of hydrogen-bond donors (Lipinski definition) is 0. The number of likely N-dealkylation sites (tertiary alicyclic amines) is 1. The molecule has 156 valence electrons. The number of aromatic nitrogens is 3. The summed E-state index contributed by atoms with van der Waals surface area (Å²) in [7, 11) is 0. The lowest BCUT2D eigenvalue weighted by Gasteiger charge is -2.39. The lowest BCUT2D eigenvalue weighted by Crippen LogP contribution is -2.48. The molecule has 30 heavy (non-hydrogen) atoms. The highest BCUT2D eigenvalue weighted by molar-refractivity contribution is 7.99. The van der Waals surface area contributed by atoms with Crippen LogP contribution in [0, 0.1) is 0 Å². The minimum Gasteiger partial charge on any atom is -0.337 e. The second-order valence-corrected chi connectivity index (χ2v) is 9.08. The number of thioether (sulfide) groups is 1. The Labute approximate surface area is 186 Å². The van der Waals surface area contributed by atoms with E-state index in [1.54, 1.807) is 0 Å². The van der Waals surface area contributed by atoms with Gasteiger partial charge in [-0.25, -0.2) is 0 Å². The van der Waals surface area contributed by atoms with Crippen molar-refractivity contribution in [2.75, 3.05) is 5.75 Å². The maximum absolute atomic E-state index is 13.0. The van der Waals surface area contributed by atoms with Crippen molar-refractivity contribution in [1.82, 2.24) is 19.7 Å². The summed E-state index contributed by atoms with van der Waals surface area (Å²) in [5, 5.41) is 10.2. The second-order valence-electron chi connectivity index (χ2n) is 7.70.